The molecule has 5 amide bonds. The van der Waals surface area contributed by atoms with Crippen molar-refractivity contribution in [3.63, 3.8) is 0 Å². The molecule has 0 saturated carbocycles. The van der Waals surface area contributed by atoms with Crippen molar-refractivity contribution in [2.75, 3.05) is 11.9 Å². The molecule has 0 aliphatic carbocycles. The summed E-state index contributed by atoms with van der Waals surface area (Å²) in [7, 11) is 0. The average Bonchev–Trinajstić information content (AvgIpc) is 3.05. The molecule has 0 radical (unpaired) electrons. The minimum Gasteiger partial charge on any atom is -0.366 e. The van der Waals surface area contributed by atoms with Crippen molar-refractivity contribution >= 4 is 29.4 Å². The summed E-state index contributed by atoms with van der Waals surface area (Å²) in [5.74, 6) is -1.63. The number of nitrogens with one attached hydrogen (secondary N) is 2. The van der Waals surface area contributed by atoms with Crippen LogP contribution in [-0.4, -0.2) is 35.2 Å². The quantitative estimate of drug-likeness (QED) is 0.487. The van der Waals surface area contributed by atoms with E-state index >= 15 is 0 Å². The number of nitrogens with two attached hydrogens (primary N) is 1. The van der Waals surface area contributed by atoms with E-state index in [4.69, 9.17) is 5.73 Å². The summed E-state index contributed by atoms with van der Waals surface area (Å²) in [6, 6.07) is 23.7. The molecule has 8 heteroatoms. The van der Waals surface area contributed by atoms with Gasteiger partial charge >= 0.3 is 6.03 Å². The van der Waals surface area contributed by atoms with Crippen molar-refractivity contribution in [3.8, 4) is 0 Å². The summed E-state index contributed by atoms with van der Waals surface area (Å²) >= 11 is 0. The fourth-order valence-electron chi connectivity index (χ4n) is 3.87. The van der Waals surface area contributed by atoms with Crippen LogP contribution in [-0.2, 0) is 21.5 Å². The smallest absolute Gasteiger partial charge is 0.325 e. The number of amides is 5. The standard InChI is InChI=1S/C25H22N4O4/c26-22(31)18-11-13-20(14-12-18)27-21(30)16-29-23(32)25(28-24(29)33,19-9-5-2-6-10-19)15-17-7-3-1-4-8-17/h1-14H,15-16H2,(H2,26,31)(H,27,30)(H,28,33)/t25-/m1/s1. The number of imide groups is 1. The Balaban J connectivity index is 1.56. The second kappa shape index (κ2) is 8.96. The third-order valence-electron chi connectivity index (χ3n) is 5.51. The first-order chi connectivity index (χ1) is 15.9. The van der Waals surface area contributed by atoms with Crippen molar-refractivity contribution in [3.05, 3.63) is 102 Å². The van der Waals surface area contributed by atoms with Crippen LogP contribution in [0.1, 0.15) is 21.5 Å². The number of primary amides is 1. The number of carbonyl (C=O) groups is 4. The van der Waals surface area contributed by atoms with Crippen LogP contribution in [0, 0.1) is 0 Å². The summed E-state index contributed by atoms with van der Waals surface area (Å²) in [6.45, 7) is -0.453. The Morgan fingerprint density at radius 3 is 2.09 bits per heavy atom. The highest BCUT2D eigenvalue weighted by atomic mass is 16.2. The van der Waals surface area contributed by atoms with E-state index in [2.05, 4.69) is 10.6 Å². The van der Waals surface area contributed by atoms with E-state index in [1.807, 2.05) is 36.4 Å². The van der Waals surface area contributed by atoms with Crippen molar-refractivity contribution < 1.29 is 19.2 Å². The minimum absolute atomic E-state index is 0.245. The molecule has 1 saturated heterocycles. The van der Waals surface area contributed by atoms with Gasteiger partial charge in [0.1, 0.15) is 6.54 Å². The summed E-state index contributed by atoms with van der Waals surface area (Å²) in [5, 5.41) is 5.46. The van der Waals surface area contributed by atoms with E-state index in [1.54, 1.807) is 24.3 Å². The van der Waals surface area contributed by atoms with Crippen LogP contribution in [0.4, 0.5) is 10.5 Å². The van der Waals surface area contributed by atoms with E-state index in [0.717, 1.165) is 10.5 Å². The molecule has 0 aromatic heterocycles. The van der Waals surface area contributed by atoms with Crippen molar-refractivity contribution in [1.29, 1.82) is 0 Å². The molecule has 4 rings (SSSR count). The SMILES string of the molecule is NC(=O)c1ccc(NC(=O)CN2C(=O)N[C@](Cc3ccccc3)(c3ccccc3)C2=O)cc1. The van der Waals surface area contributed by atoms with Crippen LogP contribution in [0.2, 0.25) is 0 Å². The number of benzene rings is 3. The zero-order valence-electron chi connectivity index (χ0n) is 17.7. The number of rotatable bonds is 7. The maximum atomic E-state index is 13.6. The predicted octanol–water partition coefficient (Wildman–Crippen LogP) is 2.41. The Morgan fingerprint density at radius 1 is 0.879 bits per heavy atom. The van der Waals surface area contributed by atoms with Crippen LogP contribution in [0.3, 0.4) is 0 Å². The lowest BCUT2D eigenvalue weighted by atomic mass is 9.83. The van der Waals surface area contributed by atoms with Gasteiger partial charge in [0, 0.05) is 17.7 Å². The Hall–Kier alpha value is -4.46. The van der Waals surface area contributed by atoms with Gasteiger partial charge in [0.25, 0.3) is 5.91 Å². The second-order valence-electron chi connectivity index (χ2n) is 7.74. The summed E-state index contributed by atoms with van der Waals surface area (Å²) in [6.07, 6.45) is 0.245. The monoisotopic (exact) mass is 442 g/mol. The first-order valence-electron chi connectivity index (χ1n) is 10.3. The topological polar surface area (TPSA) is 122 Å². The van der Waals surface area contributed by atoms with Crippen LogP contribution in [0.25, 0.3) is 0 Å². The molecule has 0 spiro atoms. The van der Waals surface area contributed by atoms with Gasteiger partial charge in [0.2, 0.25) is 11.8 Å². The first-order valence-corrected chi connectivity index (χ1v) is 10.3. The molecule has 1 aliphatic heterocycles. The van der Waals surface area contributed by atoms with E-state index < -0.39 is 35.8 Å². The van der Waals surface area contributed by atoms with Crippen LogP contribution in [0.5, 0.6) is 0 Å². The summed E-state index contributed by atoms with van der Waals surface area (Å²) in [5.41, 5.74) is 6.12. The molecule has 8 nitrogen and oxygen atoms in total. The van der Waals surface area contributed by atoms with E-state index in [0.29, 0.717) is 16.8 Å². The lowest BCUT2D eigenvalue weighted by Crippen LogP contribution is -2.46. The molecule has 1 atom stereocenters. The molecule has 4 N–H and O–H groups in total. The lowest BCUT2D eigenvalue weighted by Gasteiger charge is -2.27. The molecule has 1 fully saturated rings. The second-order valence-corrected chi connectivity index (χ2v) is 7.74. The fraction of sp³-hybridized carbons (Fsp3) is 0.120. The van der Waals surface area contributed by atoms with Gasteiger partial charge in [-0.25, -0.2) is 4.79 Å². The third kappa shape index (κ3) is 4.45. The van der Waals surface area contributed by atoms with E-state index in [9.17, 15) is 19.2 Å². The number of nitrogens with zero attached hydrogens (tertiary/aromatic N) is 1. The average molecular weight is 442 g/mol. The summed E-state index contributed by atoms with van der Waals surface area (Å²) in [4.78, 5) is 51.1. The highest BCUT2D eigenvalue weighted by Gasteiger charge is 2.52. The Kier molecular flexibility index (Phi) is 5.91. The third-order valence-corrected chi connectivity index (χ3v) is 5.51. The number of urea groups is 1. The molecule has 3 aromatic carbocycles. The van der Waals surface area contributed by atoms with Gasteiger partial charge in [-0.05, 0) is 35.4 Å². The Morgan fingerprint density at radius 2 is 1.48 bits per heavy atom. The van der Waals surface area contributed by atoms with Gasteiger partial charge < -0.3 is 16.4 Å². The van der Waals surface area contributed by atoms with Crippen LogP contribution < -0.4 is 16.4 Å². The van der Waals surface area contributed by atoms with Gasteiger partial charge in [-0.1, -0.05) is 60.7 Å². The zero-order valence-corrected chi connectivity index (χ0v) is 17.7. The van der Waals surface area contributed by atoms with Crippen LogP contribution >= 0.6 is 0 Å². The Labute approximate surface area is 190 Å². The minimum atomic E-state index is -1.32. The number of anilines is 1. The highest BCUT2D eigenvalue weighted by molar-refractivity contribution is 6.10. The first kappa shape index (κ1) is 21.8. The maximum Gasteiger partial charge on any atom is 0.325 e. The number of hydrogen-bond acceptors (Lipinski definition) is 4. The van der Waals surface area contributed by atoms with Gasteiger partial charge in [-0.15, -0.1) is 0 Å². The van der Waals surface area contributed by atoms with Crippen molar-refractivity contribution in [2.24, 2.45) is 5.73 Å². The molecule has 1 aliphatic rings. The molecule has 33 heavy (non-hydrogen) atoms. The molecular weight excluding hydrogens is 420 g/mol. The Bertz CT molecular complexity index is 1200. The molecule has 1 heterocycles. The lowest BCUT2D eigenvalue weighted by molar-refractivity contribution is -0.134. The fourth-order valence-corrected chi connectivity index (χ4v) is 3.87. The van der Waals surface area contributed by atoms with Gasteiger partial charge in [0.15, 0.2) is 5.54 Å². The van der Waals surface area contributed by atoms with E-state index in [-0.39, 0.29) is 6.42 Å². The maximum absolute atomic E-state index is 13.6. The normalized spacial score (nSPS) is 17.5. The predicted molar refractivity (Wildman–Crippen MR) is 122 cm³/mol. The van der Waals surface area contributed by atoms with Gasteiger partial charge in [0.05, 0.1) is 0 Å². The van der Waals surface area contributed by atoms with Crippen LogP contribution in [0.15, 0.2) is 84.9 Å². The number of hydrogen-bond donors (Lipinski definition) is 3. The molecular formula is C25H22N4O4. The van der Waals surface area contributed by atoms with Gasteiger partial charge in [-0.3, -0.25) is 19.3 Å². The van der Waals surface area contributed by atoms with Gasteiger partial charge in [-0.2, -0.15) is 0 Å². The van der Waals surface area contributed by atoms with Crippen molar-refractivity contribution in [2.45, 2.75) is 12.0 Å². The largest absolute Gasteiger partial charge is 0.366 e. The number of carbonyl (C=O) groups excluding carboxylic acids is 4. The zero-order chi connectivity index (χ0) is 23.4. The molecule has 166 valence electrons. The highest BCUT2D eigenvalue weighted by Crippen LogP contribution is 2.33. The summed E-state index contributed by atoms with van der Waals surface area (Å²) < 4.78 is 0. The van der Waals surface area contributed by atoms with Crippen molar-refractivity contribution in [1.82, 2.24) is 10.2 Å². The molecule has 0 bridgehead atoms. The molecule has 3 aromatic rings. The van der Waals surface area contributed by atoms with E-state index in [1.165, 1.54) is 24.3 Å². The molecule has 0 unspecified atom stereocenters.